The van der Waals surface area contributed by atoms with Gasteiger partial charge in [0.2, 0.25) is 5.91 Å². The number of benzene rings is 1. The van der Waals surface area contributed by atoms with Gasteiger partial charge in [-0.1, -0.05) is 29.8 Å². The number of carbonyl (C=O) groups is 1. The SMILES string of the molecule is CN1CCC[C@@H](C(=O)NCCCc2ccccc2Cl)C1. The number of rotatable bonds is 5. The molecule has 0 aromatic heterocycles. The number of amides is 1. The van der Waals surface area contributed by atoms with E-state index < -0.39 is 0 Å². The Bertz CT molecular complexity index is 450. The molecule has 1 fully saturated rings. The summed E-state index contributed by atoms with van der Waals surface area (Å²) in [6.45, 7) is 2.72. The van der Waals surface area contributed by atoms with Gasteiger partial charge in [-0.2, -0.15) is 0 Å². The predicted molar refractivity (Wildman–Crippen MR) is 83.0 cm³/mol. The highest BCUT2D eigenvalue weighted by Crippen LogP contribution is 2.17. The van der Waals surface area contributed by atoms with Crippen molar-refractivity contribution in [1.82, 2.24) is 10.2 Å². The van der Waals surface area contributed by atoms with E-state index in [2.05, 4.69) is 17.3 Å². The maximum absolute atomic E-state index is 12.1. The lowest BCUT2D eigenvalue weighted by atomic mass is 9.97. The molecule has 0 aliphatic carbocycles. The van der Waals surface area contributed by atoms with Gasteiger partial charge >= 0.3 is 0 Å². The van der Waals surface area contributed by atoms with Crippen molar-refractivity contribution in [2.45, 2.75) is 25.7 Å². The number of halogens is 1. The van der Waals surface area contributed by atoms with E-state index in [0.717, 1.165) is 55.9 Å². The molecule has 1 aliphatic rings. The summed E-state index contributed by atoms with van der Waals surface area (Å²) >= 11 is 6.11. The van der Waals surface area contributed by atoms with E-state index in [1.807, 2.05) is 24.3 Å². The lowest BCUT2D eigenvalue weighted by molar-refractivity contribution is -0.126. The lowest BCUT2D eigenvalue weighted by Crippen LogP contribution is -2.41. The Morgan fingerprint density at radius 3 is 3.00 bits per heavy atom. The first kappa shape index (κ1) is 15.3. The van der Waals surface area contributed by atoms with Crippen LogP contribution in [0.5, 0.6) is 0 Å². The molecule has 1 amide bonds. The quantitative estimate of drug-likeness (QED) is 0.847. The van der Waals surface area contributed by atoms with Gasteiger partial charge in [-0.15, -0.1) is 0 Å². The van der Waals surface area contributed by atoms with Crippen LogP contribution in [0.3, 0.4) is 0 Å². The second-order valence-corrected chi connectivity index (χ2v) is 5.99. The molecule has 1 atom stereocenters. The van der Waals surface area contributed by atoms with Crippen LogP contribution < -0.4 is 5.32 Å². The summed E-state index contributed by atoms with van der Waals surface area (Å²) in [6, 6.07) is 7.89. The molecule has 0 radical (unpaired) electrons. The lowest BCUT2D eigenvalue weighted by Gasteiger charge is -2.28. The number of piperidine rings is 1. The standard InChI is InChI=1S/C16H23ClN2O/c1-19-11-5-8-14(12-19)16(20)18-10-4-7-13-6-2-3-9-15(13)17/h2-3,6,9,14H,4-5,7-8,10-12H2,1H3,(H,18,20)/t14-/m1/s1. The Balaban J connectivity index is 1.68. The van der Waals surface area contributed by atoms with Crippen molar-refractivity contribution in [3.8, 4) is 0 Å². The Morgan fingerprint density at radius 1 is 1.45 bits per heavy atom. The van der Waals surface area contributed by atoms with Crippen LogP contribution in [0, 0.1) is 5.92 Å². The van der Waals surface area contributed by atoms with Crippen LogP contribution in [0.1, 0.15) is 24.8 Å². The van der Waals surface area contributed by atoms with Gasteiger partial charge in [0, 0.05) is 18.1 Å². The summed E-state index contributed by atoms with van der Waals surface area (Å²) in [5, 5.41) is 3.87. The second-order valence-electron chi connectivity index (χ2n) is 5.59. The average molecular weight is 295 g/mol. The summed E-state index contributed by atoms with van der Waals surface area (Å²) in [5.74, 6) is 0.366. The molecule has 0 saturated carbocycles. The summed E-state index contributed by atoms with van der Waals surface area (Å²) in [6.07, 6.45) is 3.97. The number of nitrogens with one attached hydrogen (secondary N) is 1. The molecule has 1 heterocycles. The van der Waals surface area contributed by atoms with E-state index in [1.54, 1.807) is 0 Å². The van der Waals surface area contributed by atoms with Crippen LogP contribution in [0.15, 0.2) is 24.3 Å². The van der Waals surface area contributed by atoms with E-state index in [4.69, 9.17) is 11.6 Å². The third kappa shape index (κ3) is 4.50. The second kappa shape index (κ2) is 7.65. The van der Waals surface area contributed by atoms with E-state index in [0.29, 0.717) is 0 Å². The smallest absolute Gasteiger partial charge is 0.224 e. The zero-order valence-electron chi connectivity index (χ0n) is 12.1. The molecule has 2 rings (SSSR count). The first-order valence-corrected chi connectivity index (χ1v) is 7.74. The first-order valence-electron chi connectivity index (χ1n) is 7.36. The minimum atomic E-state index is 0.161. The van der Waals surface area contributed by atoms with Gasteiger partial charge < -0.3 is 10.2 Å². The molecule has 4 heteroatoms. The molecule has 0 bridgehead atoms. The van der Waals surface area contributed by atoms with Crippen molar-refractivity contribution < 1.29 is 4.79 Å². The normalized spacial score (nSPS) is 19.8. The van der Waals surface area contributed by atoms with E-state index >= 15 is 0 Å². The summed E-state index contributed by atoms with van der Waals surface area (Å²) in [7, 11) is 2.08. The molecule has 3 nitrogen and oxygen atoms in total. The highest BCUT2D eigenvalue weighted by Gasteiger charge is 2.23. The van der Waals surface area contributed by atoms with Gasteiger partial charge in [0.05, 0.1) is 5.92 Å². The maximum Gasteiger partial charge on any atom is 0.224 e. The molecule has 1 aromatic rings. The van der Waals surface area contributed by atoms with Gasteiger partial charge in [-0.05, 0) is 50.9 Å². The number of nitrogens with zero attached hydrogens (tertiary/aromatic N) is 1. The largest absolute Gasteiger partial charge is 0.356 e. The average Bonchev–Trinajstić information content (AvgIpc) is 2.45. The summed E-state index contributed by atoms with van der Waals surface area (Å²) in [5.41, 5.74) is 1.15. The number of hydrogen-bond acceptors (Lipinski definition) is 2. The van der Waals surface area contributed by atoms with Crippen LogP contribution in [0.25, 0.3) is 0 Å². The fraction of sp³-hybridized carbons (Fsp3) is 0.562. The zero-order chi connectivity index (χ0) is 14.4. The molecule has 0 spiro atoms. The number of likely N-dealkylation sites (tertiary alicyclic amines) is 1. The van der Waals surface area contributed by atoms with E-state index in [1.165, 1.54) is 0 Å². The van der Waals surface area contributed by atoms with Gasteiger partial charge in [-0.3, -0.25) is 4.79 Å². The van der Waals surface area contributed by atoms with Crippen molar-refractivity contribution in [1.29, 1.82) is 0 Å². The molecular formula is C16H23ClN2O. The fourth-order valence-corrected chi connectivity index (χ4v) is 2.95. The highest BCUT2D eigenvalue weighted by atomic mass is 35.5. The van der Waals surface area contributed by atoms with E-state index in [9.17, 15) is 4.79 Å². The van der Waals surface area contributed by atoms with Crippen molar-refractivity contribution in [3.63, 3.8) is 0 Å². The molecule has 1 aliphatic heterocycles. The van der Waals surface area contributed by atoms with Crippen LogP contribution in [0.4, 0.5) is 0 Å². The number of aryl methyl sites for hydroxylation is 1. The van der Waals surface area contributed by atoms with Gasteiger partial charge in [0.25, 0.3) is 0 Å². The van der Waals surface area contributed by atoms with Crippen molar-refractivity contribution >= 4 is 17.5 Å². The third-order valence-corrected chi connectivity index (χ3v) is 4.24. The molecule has 1 N–H and O–H groups in total. The Kier molecular flexibility index (Phi) is 5.86. The summed E-state index contributed by atoms with van der Waals surface area (Å²) < 4.78 is 0. The Hall–Kier alpha value is -1.06. The van der Waals surface area contributed by atoms with Crippen LogP contribution in [-0.4, -0.2) is 37.5 Å². The van der Waals surface area contributed by atoms with Crippen molar-refractivity contribution in [2.75, 3.05) is 26.7 Å². The van der Waals surface area contributed by atoms with Gasteiger partial charge in [0.1, 0.15) is 0 Å². The molecule has 1 aromatic carbocycles. The Morgan fingerprint density at radius 2 is 2.25 bits per heavy atom. The topological polar surface area (TPSA) is 32.3 Å². The predicted octanol–water partition coefficient (Wildman–Crippen LogP) is 2.73. The molecule has 110 valence electrons. The molecular weight excluding hydrogens is 272 g/mol. The molecule has 0 unspecified atom stereocenters. The van der Waals surface area contributed by atoms with Gasteiger partial charge in [0.15, 0.2) is 0 Å². The van der Waals surface area contributed by atoms with E-state index in [-0.39, 0.29) is 11.8 Å². The minimum Gasteiger partial charge on any atom is -0.356 e. The van der Waals surface area contributed by atoms with Crippen molar-refractivity contribution in [2.24, 2.45) is 5.92 Å². The maximum atomic E-state index is 12.1. The minimum absolute atomic E-state index is 0.161. The third-order valence-electron chi connectivity index (χ3n) is 3.88. The monoisotopic (exact) mass is 294 g/mol. The number of hydrogen-bond donors (Lipinski definition) is 1. The molecule has 1 saturated heterocycles. The highest BCUT2D eigenvalue weighted by molar-refractivity contribution is 6.31. The van der Waals surface area contributed by atoms with Crippen LogP contribution in [0.2, 0.25) is 5.02 Å². The molecule has 20 heavy (non-hydrogen) atoms. The van der Waals surface area contributed by atoms with Crippen molar-refractivity contribution in [3.05, 3.63) is 34.9 Å². The van der Waals surface area contributed by atoms with Crippen LogP contribution >= 0.6 is 11.6 Å². The fourth-order valence-electron chi connectivity index (χ4n) is 2.72. The Labute approximate surface area is 126 Å². The van der Waals surface area contributed by atoms with Gasteiger partial charge in [-0.25, -0.2) is 0 Å². The first-order chi connectivity index (χ1) is 9.66. The number of carbonyl (C=O) groups excluding carboxylic acids is 1. The summed E-state index contributed by atoms with van der Waals surface area (Å²) in [4.78, 5) is 14.3. The zero-order valence-corrected chi connectivity index (χ0v) is 12.8. The van der Waals surface area contributed by atoms with Crippen LogP contribution in [-0.2, 0) is 11.2 Å².